The summed E-state index contributed by atoms with van der Waals surface area (Å²) < 4.78 is 14.3. The highest BCUT2D eigenvalue weighted by molar-refractivity contribution is 6.35. The molecule has 0 bridgehead atoms. The first-order valence-corrected chi connectivity index (χ1v) is 7.52. The number of halogens is 3. The first kappa shape index (κ1) is 14.2. The summed E-state index contributed by atoms with van der Waals surface area (Å²) in [5.74, 6) is -0.136. The van der Waals surface area contributed by atoms with Gasteiger partial charge < -0.3 is 5.32 Å². The normalized spacial score (nSPS) is 12.7. The topological polar surface area (TPSA) is 53.1 Å². The van der Waals surface area contributed by atoms with Crippen LogP contribution in [0.4, 0.5) is 15.8 Å². The Kier molecular flexibility index (Phi) is 3.32. The van der Waals surface area contributed by atoms with E-state index in [1.54, 1.807) is 36.5 Å². The van der Waals surface area contributed by atoms with Crippen molar-refractivity contribution in [2.24, 2.45) is 4.99 Å². The Morgan fingerprint density at radius 2 is 1.96 bits per heavy atom. The molecule has 0 amide bonds. The lowest BCUT2D eigenvalue weighted by molar-refractivity contribution is 0.625. The van der Waals surface area contributed by atoms with Crippen LogP contribution in [0.2, 0.25) is 10.0 Å². The summed E-state index contributed by atoms with van der Waals surface area (Å²) in [5.41, 5.74) is 3.03. The number of amidine groups is 1. The minimum Gasteiger partial charge on any atom is -0.337 e. The van der Waals surface area contributed by atoms with Gasteiger partial charge in [0.15, 0.2) is 0 Å². The van der Waals surface area contributed by atoms with Gasteiger partial charge in [-0.05, 0) is 30.3 Å². The van der Waals surface area contributed by atoms with E-state index in [0.717, 1.165) is 11.3 Å². The molecule has 23 heavy (non-hydrogen) atoms. The van der Waals surface area contributed by atoms with Gasteiger partial charge in [-0.1, -0.05) is 29.3 Å². The molecule has 2 heterocycles. The van der Waals surface area contributed by atoms with Crippen LogP contribution in [0.1, 0.15) is 5.56 Å². The van der Waals surface area contributed by atoms with Crippen LogP contribution in [-0.4, -0.2) is 16.0 Å². The molecule has 0 saturated carbocycles. The van der Waals surface area contributed by atoms with Crippen molar-refractivity contribution >= 4 is 40.4 Å². The van der Waals surface area contributed by atoms with E-state index in [1.807, 2.05) is 0 Å². The number of anilines is 1. The maximum atomic E-state index is 14.3. The van der Waals surface area contributed by atoms with Gasteiger partial charge in [0.2, 0.25) is 0 Å². The van der Waals surface area contributed by atoms with E-state index in [4.69, 9.17) is 23.2 Å². The van der Waals surface area contributed by atoms with Gasteiger partial charge in [-0.15, -0.1) is 0 Å². The molecule has 7 heteroatoms. The Labute approximate surface area is 141 Å². The second-order valence-electron chi connectivity index (χ2n) is 5.00. The third-order valence-corrected chi connectivity index (χ3v) is 4.10. The summed E-state index contributed by atoms with van der Waals surface area (Å²) in [6.45, 7) is 0. The minimum atomic E-state index is -0.453. The number of benzene rings is 2. The Morgan fingerprint density at radius 3 is 2.78 bits per heavy atom. The second kappa shape index (κ2) is 5.37. The fraction of sp³-hybridized carbons (Fsp3) is 0. The first-order chi connectivity index (χ1) is 11.1. The number of aromatic nitrogens is 2. The minimum absolute atomic E-state index is 0.212. The van der Waals surface area contributed by atoms with Crippen LogP contribution in [0.15, 0.2) is 47.6 Å². The largest absolute Gasteiger partial charge is 0.337 e. The van der Waals surface area contributed by atoms with Gasteiger partial charge in [0.1, 0.15) is 11.7 Å². The van der Waals surface area contributed by atoms with Crippen LogP contribution >= 0.6 is 23.2 Å². The van der Waals surface area contributed by atoms with E-state index in [0.29, 0.717) is 22.2 Å². The summed E-state index contributed by atoms with van der Waals surface area (Å²) in [7, 11) is 0. The number of nitrogens with one attached hydrogen (secondary N) is 2. The van der Waals surface area contributed by atoms with Gasteiger partial charge in [0.05, 0.1) is 33.9 Å². The fourth-order valence-corrected chi connectivity index (χ4v) is 2.94. The van der Waals surface area contributed by atoms with Gasteiger partial charge in [-0.2, -0.15) is 5.10 Å². The smallest absolute Gasteiger partial charge is 0.142 e. The van der Waals surface area contributed by atoms with Gasteiger partial charge in [0.25, 0.3) is 0 Å². The number of hydrogen-bond donors (Lipinski definition) is 2. The van der Waals surface area contributed by atoms with Crippen LogP contribution in [0.25, 0.3) is 11.3 Å². The van der Waals surface area contributed by atoms with Crippen molar-refractivity contribution < 1.29 is 4.39 Å². The third-order valence-electron chi connectivity index (χ3n) is 3.55. The third kappa shape index (κ3) is 2.38. The van der Waals surface area contributed by atoms with Crippen molar-refractivity contribution in [3.63, 3.8) is 0 Å². The molecule has 4 rings (SSSR count). The Hall–Kier alpha value is -2.37. The predicted octanol–water partition coefficient (Wildman–Crippen LogP) is 5.03. The molecule has 0 atom stereocenters. The maximum absolute atomic E-state index is 14.3. The SMILES string of the molecule is Fc1cccc(Cl)c1C1=Nc2ccc(Cl)cc2-c2[nH]ncc2N1. The molecular formula is C16H9Cl2FN4. The molecule has 3 aromatic rings. The molecule has 0 radical (unpaired) electrons. The van der Waals surface area contributed by atoms with Gasteiger partial charge in [0, 0.05) is 10.6 Å². The van der Waals surface area contributed by atoms with Gasteiger partial charge in [-0.25, -0.2) is 9.38 Å². The van der Waals surface area contributed by atoms with Crippen molar-refractivity contribution in [3.8, 4) is 11.3 Å². The van der Waals surface area contributed by atoms with Crippen LogP contribution < -0.4 is 5.32 Å². The zero-order valence-electron chi connectivity index (χ0n) is 11.6. The van der Waals surface area contributed by atoms with E-state index >= 15 is 0 Å². The highest BCUT2D eigenvalue weighted by Gasteiger charge is 2.22. The predicted molar refractivity (Wildman–Crippen MR) is 90.3 cm³/mol. The number of aromatic amines is 1. The van der Waals surface area contributed by atoms with E-state index < -0.39 is 5.82 Å². The molecule has 0 spiro atoms. The number of nitrogens with zero attached hydrogens (tertiary/aromatic N) is 2. The van der Waals surface area contributed by atoms with Crippen LogP contribution in [-0.2, 0) is 0 Å². The second-order valence-corrected chi connectivity index (χ2v) is 5.85. The van der Waals surface area contributed by atoms with Crippen molar-refractivity contribution in [1.82, 2.24) is 10.2 Å². The van der Waals surface area contributed by atoms with Crippen molar-refractivity contribution in [2.45, 2.75) is 0 Å². The standard InChI is InChI=1S/C16H9Cl2FN4/c17-8-4-5-12-9(6-8)15-13(7-20-23-15)22-16(21-12)14-10(18)2-1-3-11(14)19/h1-7H,(H,20,23)(H,21,22). The number of H-pyrrole nitrogens is 1. The molecule has 0 unspecified atom stereocenters. The highest BCUT2D eigenvalue weighted by atomic mass is 35.5. The Balaban J connectivity index is 1.99. The zero-order valence-corrected chi connectivity index (χ0v) is 13.1. The monoisotopic (exact) mass is 346 g/mol. The molecule has 1 aliphatic rings. The van der Waals surface area contributed by atoms with E-state index in [-0.39, 0.29) is 10.6 Å². The highest BCUT2D eigenvalue weighted by Crippen LogP contribution is 2.39. The molecule has 0 fully saturated rings. The van der Waals surface area contributed by atoms with Crippen LogP contribution in [0.3, 0.4) is 0 Å². The van der Waals surface area contributed by atoms with Crippen LogP contribution in [0, 0.1) is 5.82 Å². The molecule has 1 aromatic heterocycles. The average molecular weight is 347 g/mol. The quantitative estimate of drug-likeness (QED) is 0.649. The van der Waals surface area contributed by atoms with E-state index in [2.05, 4.69) is 20.5 Å². The van der Waals surface area contributed by atoms with Crippen molar-refractivity contribution in [1.29, 1.82) is 0 Å². The summed E-state index contributed by atoms with van der Waals surface area (Å²) in [6.07, 6.45) is 1.61. The van der Waals surface area contributed by atoms with Crippen LogP contribution in [0.5, 0.6) is 0 Å². The molecule has 114 valence electrons. The van der Waals surface area contributed by atoms with E-state index in [1.165, 1.54) is 6.07 Å². The number of rotatable bonds is 1. The fourth-order valence-electron chi connectivity index (χ4n) is 2.51. The van der Waals surface area contributed by atoms with Gasteiger partial charge in [-0.3, -0.25) is 5.10 Å². The number of hydrogen-bond acceptors (Lipinski definition) is 3. The summed E-state index contributed by atoms with van der Waals surface area (Å²) in [4.78, 5) is 4.53. The lowest BCUT2D eigenvalue weighted by Crippen LogP contribution is -2.15. The van der Waals surface area contributed by atoms with Crippen molar-refractivity contribution in [2.75, 3.05) is 5.32 Å². The molecule has 2 N–H and O–H groups in total. The first-order valence-electron chi connectivity index (χ1n) is 6.77. The lowest BCUT2D eigenvalue weighted by atomic mass is 10.1. The average Bonchev–Trinajstić information content (AvgIpc) is 2.91. The van der Waals surface area contributed by atoms with E-state index in [9.17, 15) is 4.39 Å². The molecule has 1 aliphatic heterocycles. The molecule has 2 aromatic carbocycles. The summed E-state index contributed by atoms with van der Waals surface area (Å²) in [6, 6.07) is 9.79. The summed E-state index contributed by atoms with van der Waals surface area (Å²) in [5, 5.41) is 10.9. The zero-order chi connectivity index (χ0) is 16.0. The van der Waals surface area contributed by atoms with Crippen molar-refractivity contribution in [3.05, 3.63) is 64.0 Å². The molecule has 0 aliphatic carbocycles. The molecule has 0 saturated heterocycles. The molecule has 4 nitrogen and oxygen atoms in total. The lowest BCUT2D eigenvalue weighted by Gasteiger charge is -2.10. The Morgan fingerprint density at radius 1 is 1.09 bits per heavy atom. The summed E-state index contributed by atoms with van der Waals surface area (Å²) >= 11 is 12.2. The maximum Gasteiger partial charge on any atom is 0.142 e. The Bertz CT molecular complexity index is 929. The van der Waals surface area contributed by atoms with Gasteiger partial charge >= 0.3 is 0 Å². The molecular weight excluding hydrogens is 338 g/mol. The number of aliphatic imine (C=N–C) groups is 1. The number of fused-ring (bicyclic) bond motifs is 3.